The highest BCUT2D eigenvalue weighted by molar-refractivity contribution is 5.17. The van der Waals surface area contributed by atoms with Crippen molar-refractivity contribution in [3.63, 3.8) is 0 Å². The number of hydrogen-bond acceptors (Lipinski definition) is 5. The van der Waals surface area contributed by atoms with Crippen molar-refractivity contribution in [2.75, 3.05) is 26.2 Å². The molecular weight excluding hydrogens is 290 g/mol. The fourth-order valence-electron chi connectivity index (χ4n) is 3.20. The number of aliphatic hydroxyl groups is 1. The van der Waals surface area contributed by atoms with E-state index in [2.05, 4.69) is 21.9 Å². The van der Waals surface area contributed by atoms with Crippen LogP contribution in [0.4, 0.5) is 0 Å². The van der Waals surface area contributed by atoms with E-state index in [0.29, 0.717) is 12.6 Å². The summed E-state index contributed by atoms with van der Waals surface area (Å²) < 4.78 is 5.31. The SMILES string of the molecule is Cc1cc(CN2CCN(C[C@@H](O)c3ccccc3)[C@H](C)C2)on1. The van der Waals surface area contributed by atoms with Gasteiger partial charge < -0.3 is 9.63 Å². The van der Waals surface area contributed by atoms with Gasteiger partial charge in [0.1, 0.15) is 0 Å². The van der Waals surface area contributed by atoms with Crippen molar-refractivity contribution in [2.45, 2.75) is 32.5 Å². The van der Waals surface area contributed by atoms with Crippen LogP contribution in [0.2, 0.25) is 0 Å². The largest absolute Gasteiger partial charge is 0.387 e. The quantitative estimate of drug-likeness (QED) is 0.917. The molecule has 0 aliphatic carbocycles. The lowest BCUT2D eigenvalue weighted by atomic mass is 10.1. The molecule has 23 heavy (non-hydrogen) atoms. The Hall–Kier alpha value is -1.69. The highest BCUT2D eigenvalue weighted by Crippen LogP contribution is 2.19. The lowest BCUT2D eigenvalue weighted by Crippen LogP contribution is -2.52. The van der Waals surface area contributed by atoms with Crippen LogP contribution >= 0.6 is 0 Å². The molecule has 5 nitrogen and oxygen atoms in total. The highest BCUT2D eigenvalue weighted by Gasteiger charge is 2.26. The van der Waals surface area contributed by atoms with Crippen LogP contribution in [0.25, 0.3) is 0 Å². The zero-order valence-corrected chi connectivity index (χ0v) is 13.9. The topological polar surface area (TPSA) is 52.7 Å². The van der Waals surface area contributed by atoms with Crippen molar-refractivity contribution in [3.05, 3.63) is 53.4 Å². The molecule has 0 bridgehead atoms. The van der Waals surface area contributed by atoms with Crippen LogP contribution in [0.3, 0.4) is 0 Å². The molecule has 1 fully saturated rings. The average molecular weight is 315 g/mol. The van der Waals surface area contributed by atoms with Gasteiger partial charge in [-0.1, -0.05) is 35.5 Å². The summed E-state index contributed by atoms with van der Waals surface area (Å²) in [6, 6.07) is 12.3. The molecule has 1 saturated heterocycles. The van der Waals surface area contributed by atoms with E-state index >= 15 is 0 Å². The molecule has 0 saturated carbocycles. The maximum absolute atomic E-state index is 10.4. The van der Waals surface area contributed by atoms with E-state index in [9.17, 15) is 5.11 Å². The second-order valence-electron chi connectivity index (χ2n) is 6.44. The molecule has 5 heteroatoms. The van der Waals surface area contributed by atoms with Gasteiger partial charge in [-0.15, -0.1) is 0 Å². The minimum absolute atomic E-state index is 0.408. The van der Waals surface area contributed by atoms with Crippen LogP contribution < -0.4 is 0 Å². The highest BCUT2D eigenvalue weighted by atomic mass is 16.5. The standard InChI is InChI=1S/C18H25N3O2/c1-14-10-17(23-19-14)12-20-8-9-21(15(2)11-20)13-18(22)16-6-4-3-5-7-16/h3-7,10,15,18,22H,8-9,11-13H2,1-2H3/t15-,18-/m1/s1. The Labute approximate surface area is 137 Å². The molecule has 124 valence electrons. The Bertz CT molecular complexity index is 614. The van der Waals surface area contributed by atoms with Crippen molar-refractivity contribution < 1.29 is 9.63 Å². The summed E-state index contributed by atoms with van der Waals surface area (Å²) in [6.07, 6.45) is -0.429. The molecule has 1 aromatic carbocycles. The van der Waals surface area contributed by atoms with E-state index < -0.39 is 6.10 Å². The van der Waals surface area contributed by atoms with Crippen LogP contribution in [-0.4, -0.2) is 52.3 Å². The number of piperazine rings is 1. The fraction of sp³-hybridized carbons (Fsp3) is 0.500. The monoisotopic (exact) mass is 315 g/mol. The third-order valence-corrected chi connectivity index (χ3v) is 4.50. The summed E-state index contributed by atoms with van der Waals surface area (Å²) >= 11 is 0. The normalized spacial score (nSPS) is 21.4. The molecule has 0 spiro atoms. The average Bonchev–Trinajstić information content (AvgIpc) is 2.96. The predicted molar refractivity (Wildman–Crippen MR) is 89.0 cm³/mol. The lowest BCUT2D eigenvalue weighted by molar-refractivity contribution is 0.0334. The van der Waals surface area contributed by atoms with Crippen molar-refractivity contribution >= 4 is 0 Å². The van der Waals surface area contributed by atoms with Crippen LogP contribution in [-0.2, 0) is 6.54 Å². The van der Waals surface area contributed by atoms with Gasteiger partial charge in [0.25, 0.3) is 0 Å². The Morgan fingerprint density at radius 2 is 2.09 bits per heavy atom. The second-order valence-corrected chi connectivity index (χ2v) is 6.44. The predicted octanol–water partition coefficient (Wildman–Crippen LogP) is 2.22. The lowest BCUT2D eigenvalue weighted by Gasteiger charge is -2.40. The summed E-state index contributed by atoms with van der Waals surface area (Å²) in [7, 11) is 0. The van der Waals surface area contributed by atoms with Gasteiger partial charge in [-0.2, -0.15) is 0 Å². The first-order valence-electron chi connectivity index (χ1n) is 8.23. The Balaban J connectivity index is 1.52. The minimum atomic E-state index is -0.429. The van der Waals surface area contributed by atoms with E-state index in [1.54, 1.807) is 0 Å². The number of aryl methyl sites for hydroxylation is 1. The Morgan fingerprint density at radius 3 is 2.74 bits per heavy atom. The number of aromatic nitrogens is 1. The van der Waals surface area contributed by atoms with Gasteiger partial charge in [-0.05, 0) is 19.4 Å². The smallest absolute Gasteiger partial charge is 0.150 e. The van der Waals surface area contributed by atoms with E-state index in [1.807, 2.05) is 43.3 Å². The molecule has 0 amide bonds. The first kappa shape index (κ1) is 16.2. The van der Waals surface area contributed by atoms with Crippen molar-refractivity contribution in [2.24, 2.45) is 0 Å². The van der Waals surface area contributed by atoms with Crippen molar-refractivity contribution in [1.82, 2.24) is 15.0 Å². The number of benzene rings is 1. The molecule has 3 rings (SSSR count). The molecule has 1 aliphatic heterocycles. The van der Waals surface area contributed by atoms with Crippen LogP contribution in [0.5, 0.6) is 0 Å². The van der Waals surface area contributed by atoms with Gasteiger partial charge in [-0.25, -0.2) is 0 Å². The second kappa shape index (κ2) is 7.25. The zero-order valence-electron chi connectivity index (χ0n) is 13.9. The summed E-state index contributed by atoms with van der Waals surface area (Å²) in [4.78, 5) is 4.75. The van der Waals surface area contributed by atoms with Crippen LogP contribution in [0, 0.1) is 6.92 Å². The van der Waals surface area contributed by atoms with Crippen molar-refractivity contribution in [3.8, 4) is 0 Å². The van der Waals surface area contributed by atoms with Crippen LogP contribution in [0.1, 0.15) is 30.0 Å². The van der Waals surface area contributed by atoms with E-state index in [0.717, 1.165) is 43.2 Å². The number of nitrogens with zero attached hydrogens (tertiary/aromatic N) is 3. The van der Waals surface area contributed by atoms with Gasteiger partial charge in [-0.3, -0.25) is 9.80 Å². The summed E-state index contributed by atoms with van der Waals surface area (Å²) in [5.74, 6) is 0.924. The van der Waals surface area contributed by atoms with Crippen molar-refractivity contribution in [1.29, 1.82) is 0 Å². The molecule has 2 atom stereocenters. The van der Waals surface area contributed by atoms with Crippen LogP contribution in [0.15, 0.2) is 40.9 Å². The summed E-state index contributed by atoms with van der Waals surface area (Å²) in [5, 5.41) is 14.4. The van der Waals surface area contributed by atoms with E-state index in [4.69, 9.17) is 4.52 Å². The molecular formula is C18H25N3O2. The zero-order chi connectivity index (χ0) is 16.2. The summed E-state index contributed by atoms with van der Waals surface area (Å²) in [5.41, 5.74) is 1.91. The molecule has 0 unspecified atom stereocenters. The van der Waals surface area contributed by atoms with Gasteiger partial charge in [0.2, 0.25) is 0 Å². The molecule has 2 heterocycles. The fourth-order valence-corrected chi connectivity index (χ4v) is 3.20. The van der Waals surface area contributed by atoms with Gasteiger partial charge >= 0.3 is 0 Å². The maximum Gasteiger partial charge on any atom is 0.150 e. The van der Waals surface area contributed by atoms with Gasteiger partial charge in [0, 0.05) is 38.3 Å². The number of aliphatic hydroxyl groups excluding tert-OH is 1. The maximum atomic E-state index is 10.4. The summed E-state index contributed by atoms with van der Waals surface area (Å²) in [6.45, 7) is 8.56. The molecule has 0 radical (unpaired) electrons. The van der Waals surface area contributed by atoms with Gasteiger partial charge in [0.05, 0.1) is 18.3 Å². The number of β-amino-alcohol motifs (C(OH)–C–C–N with tert-alkyl or cyclic N) is 1. The Kier molecular flexibility index (Phi) is 5.10. The third-order valence-electron chi connectivity index (χ3n) is 4.50. The molecule has 1 aromatic heterocycles. The Morgan fingerprint density at radius 1 is 1.30 bits per heavy atom. The first-order chi connectivity index (χ1) is 11.1. The van der Waals surface area contributed by atoms with E-state index in [-0.39, 0.29) is 0 Å². The minimum Gasteiger partial charge on any atom is -0.387 e. The first-order valence-corrected chi connectivity index (χ1v) is 8.23. The number of rotatable bonds is 5. The molecule has 2 aromatic rings. The molecule has 1 aliphatic rings. The van der Waals surface area contributed by atoms with Gasteiger partial charge in [0.15, 0.2) is 5.76 Å². The number of hydrogen-bond donors (Lipinski definition) is 1. The molecule has 1 N–H and O–H groups in total. The third kappa shape index (κ3) is 4.19. The van der Waals surface area contributed by atoms with E-state index in [1.165, 1.54) is 0 Å².